The number of para-hydroxylation sites is 2. The molecule has 1 saturated carbocycles. The molecule has 3 heteroatoms. The molecule has 0 spiro atoms. The van der Waals surface area contributed by atoms with Crippen LogP contribution in [0.15, 0.2) is 71.7 Å². The van der Waals surface area contributed by atoms with Crippen molar-refractivity contribution in [3.8, 4) is 0 Å². The minimum Gasteiger partial charge on any atom is -0.305 e. The number of aliphatic imine (C=N–C) groups is 1. The van der Waals surface area contributed by atoms with E-state index in [1.165, 1.54) is 16.3 Å². The van der Waals surface area contributed by atoms with Crippen LogP contribution in [0.5, 0.6) is 0 Å². The summed E-state index contributed by atoms with van der Waals surface area (Å²) >= 11 is 0. The molecule has 0 bridgehead atoms. The van der Waals surface area contributed by atoms with Crippen LogP contribution < -0.4 is 4.90 Å². The monoisotopic (exact) mass is 340 g/mol. The Labute approximate surface area is 153 Å². The molecule has 1 unspecified atom stereocenters. The molecule has 3 aromatic carbocycles. The second kappa shape index (κ2) is 6.10. The molecular weight excluding hydrogens is 320 g/mol. The van der Waals surface area contributed by atoms with Crippen LogP contribution in [0.1, 0.15) is 24.8 Å². The van der Waals surface area contributed by atoms with Gasteiger partial charge in [0.05, 0.1) is 23.8 Å². The fourth-order valence-electron chi connectivity index (χ4n) is 4.24. The summed E-state index contributed by atoms with van der Waals surface area (Å²) in [7, 11) is 0. The molecule has 0 aromatic heterocycles. The molecule has 1 fully saturated rings. The van der Waals surface area contributed by atoms with Crippen molar-refractivity contribution in [2.24, 2.45) is 10.9 Å². The van der Waals surface area contributed by atoms with Gasteiger partial charge in [-0.2, -0.15) is 0 Å². The summed E-state index contributed by atoms with van der Waals surface area (Å²) in [6.45, 7) is 0.580. The van der Waals surface area contributed by atoms with Crippen LogP contribution in [0.25, 0.3) is 10.8 Å². The normalized spacial score (nSPS) is 19.1. The molecule has 3 aromatic rings. The van der Waals surface area contributed by atoms with Crippen molar-refractivity contribution in [3.63, 3.8) is 0 Å². The number of amides is 1. The van der Waals surface area contributed by atoms with E-state index >= 15 is 0 Å². The number of carbonyl (C=O) groups excluding carboxylic acids is 1. The van der Waals surface area contributed by atoms with E-state index in [-0.39, 0.29) is 11.8 Å². The van der Waals surface area contributed by atoms with Gasteiger partial charge in [-0.15, -0.1) is 0 Å². The Balaban J connectivity index is 1.63. The van der Waals surface area contributed by atoms with Crippen molar-refractivity contribution in [3.05, 3.63) is 72.3 Å². The smallest absolute Gasteiger partial charge is 0.236 e. The van der Waals surface area contributed by atoms with E-state index in [4.69, 9.17) is 4.99 Å². The average Bonchev–Trinajstić information content (AvgIpc) is 3.11. The lowest BCUT2D eigenvalue weighted by molar-refractivity contribution is -0.120. The molecule has 1 heterocycles. The summed E-state index contributed by atoms with van der Waals surface area (Å²) in [5.74, 6) is 0.136. The standard InChI is InChI=1S/C23H20N2O/c26-23-19-11-6-13-20(19)24-21-12-3-4-14-22(21)25(23)15-17-9-5-8-16-7-1-2-10-18(16)17/h1-5,7-10,12,14,19H,6,11,13,15H2. The van der Waals surface area contributed by atoms with Gasteiger partial charge in [0.25, 0.3) is 0 Å². The number of hydrogen-bond donors (Lipinski definition) is 0. The lowest BCUT2D eigenvalue weighted by Gasteiger charge is -2.25. The first-order valence-corrected chi connectivity index (χ1v) is 9.26. The van der Waals surface area contributed by atoms with Crippen LogP contribution >= 0.6 is 0 Å². The van der Waals surface area contributed by atoms with E-state index in [9.17, 15) is 4.79 Å². The first kappa shape index (κ1) is 15.3. The van der Waals surface area contributed by atoms with E-state index < -0.39 is 0 Å². The average molecular weight is 340 g/mol. The number of carbonyl (C=O) groups is 1. The fourth-order valence-corrected chi connectivity index (χ4v) is 4.24. The van der Waals surface area contributed by atoms with Gasteiger partial charge in [0.2, 0.25) is 5.91 Å². The third kappa shape index (κ3) is 2.43. The van der Waals surface area contributed by atoms with Gasteiger partial charge in [-0.3, -0.25) is 9.79 Å². The number of rotatable bonds is 2. The molecule has 0 radical (unpaired) electrons. The molecule has 1 aliphatic heterocycles. The van der Waals surface area contributed by atoms with Gasteiger partial charge in [0.1, 0.15) is 0 Å². The number of benzene rings is 3. The van der Waals surface area contributed by atoms with Gasteiger partial charge < -0.3 is 4.90 Å². The molecule has 5 rings (SSSR count). The zero-order valence-corrected chi connectivity index (χ0v) is 14.6. The highest BCUT2D eigenvalue weighted by Gasteiger charge is 2.36. The molecule has 1 amide bonds. The summed E-state index contributed by atoms with van der Waals surface area (Å²) in [4.78, 5) is 20.2. The summed E-state index contributed by atoms with van der Waals surface area (Å²) in [5.41, 5.74) is 4.07. The Morgan fingerprint density at radius 1 is 0.962 bits per heavy atom. The van der Waals surface area contributed by atoms with E-state index in [2.05, 4.69) is 42.5 Å². The van der Waals surface area contributed by atoms with Crippen LogP contribution in [0.4, 0.5) is 11.4 Å². The highest BCUT2D eigenvalue weighted by Crippen LogP contribution is 2.39. The second-order valence-corrected chi connectivity index (χ2v) is 7.10. The van der Waals surface area contributed by atoms with Crippen molar-refractivity contribution >= 4 is 33.8 Å². The first-order chi connectivity index (χ1) is 12.8. The zero-order valence-electron chi connectivity index (χ0n) is 14.6. The van der Waals surface area contributed by atoms with Gasteiger partial charge in [-0.05, 0) is 47.7 Å². The zero-order chi connectivity index (χ0) is 17.5. The van der Waals surface area contributed by atoms with E-state index in [1.54, 1.807) is 0 Å². The molecule has 0 N–H and O–H groups in total. The maximum atomic E-state index is 13.4. The molecular formula is C23H20N2O. The van der Waals surface area contributed by atoms with Crippen LogP contribution in [0, 0.1) is 5.92 Å². The van der Waals surface area contributed by atoms with E-state index in [1.807, 2.05) is 29.2 Å². The Morgan fingerprint density at radius 3 is 2.73 bits per heavy atom. The topological polar surface area (TPSA) is 32.7 Å². The quantitative estimate of drug-likeness (QED) is 0.626. The molecule has 26 heavy (non-hydrogen) atoms. The van der Waals surface area contributed by atoms with Crippen LogP contribution in [-0.2, 0) is 11.3 Å². The number of fused-ring (bicyclic) bond motifs is 3. The summed E-state index contributed by atoms with van der Waals surface area (Å²) in [6, 6.07) is 22.7. The third-order valence-electron chi connectivity index (χ3n) is 5.54. The second-order valence-electron chi connectivity index (χ2n) is 7.10. The fraction of sp³-hybridized carbons (Fsp3) is 0.217. The highest BCUT2D eigenvalue weighted by atomic mass is 16.2. The summed E-state index contributed by atoms with van der Waals surface area (Å²) < 4.78 is 0. The van der Waals surface area contributed by atoms with Crippen molar-refractivity contribution < 1.29 is 4.79 Å². The number of hydrogen-bond acceptors (Lipinski definition) is 2. The Morgan fingerprint density at radius 2 is 1.77 bits per heavy atom. The largest absolute Gasteiger partial charge is 0.305 e. The predicted octanol–water partition coefficient (Wildman–Crippen LogP) is 5.26. The van der Waals surface area contributed by atoms with Gasteiger partial charge >= 0.3 is 0 Å². The van der Waals surface area contributed by atoms with Crippen molar-refractivity contribution in [1.29, 1.82) is 0 Å². The third-order valence-corrected chi connectivity index (χ3v) is 5.54. The van der Waals surface area contributed by atoms with Crippen molar-refractivity contribution in [2.45, 2.75) is 25.8 Å². The molecule has 3 nitrogen and oxygen atoms in total. The van der Waals surface area contributed by atoms with E-state index in [0.29, 0.717) is 6.54 Å². The van der Waals surface area contributed by atoms with Crippen LogP contribution in [0.3, 0.4) is 0 Å². The molecule has 0 saturated heterocycles. The van der Waals surface area contributed by atoms with Crippen LogP contribution in [0.2, 0.25) is 0 Å². The minimum atomic E-state index is -0.0580. The highest BCUT2D eigenvalue weighted by molar-refractivity contribution is 6.15. The molecule has 128 valence electrons. The summed E-state index contributed by atoms with van der Waals surface area (Å²) in [6.07, 6.45) is 2.91. The van der Waals surface area contributed by atoms with Crippen molar-refractivity contribution in [1.82, 2.24) is 0 Å². The Kier molecular flexibility index (Phi) is 3.59. The molecule has 1 atom stereocenters. The number of nitrogens with zero attached hydrogens (tertiary/aromatic N) is 2. The Hall–Kier alpha value is -2.94. The van der Waals surface area contributed by atoms with Gasteiger partial charge in [-0.25, -0.2) is 0 Å². The minimum absolute atomic E-state index is 0.0580. The van der Waals surface area contributed by atoms with Gasteiger partial charge in [-0.1, -0.05) is 54.6 Å². The summed E-state index contributed by atoms with van der Waals surface area (Å²) in [5, 5.41) is 2.41. The van der Waals surface area contributed by atoms with Crippen LogP contribution in [-0.4, -0.2) is 11.6 Å². The molecule has 1 aliphatic carbocycles. The van der Waals surface area contributed by atoms with E-state index in [0.717, 1.165) is 36.3 Å². The van der Waals surface area contributed by atoms with Gasteiger partial charge in [0, 0.05) is 5.71 Å². The molecule has 2 aliphatic rings. The lowest BCUT2D eigenvalue weighted by atomic mass is 10.0. The lowest BCUT2D eigenvalue weighted by Crippen LogP contribution is -2.36. The Bertz CT molecular complexity index is 1030. The van der Waals surface area contributed by atoms with Crippen molar-refractivity contribution in [2.75, 3.05) is 4.90 Å². The van der Waals surface area contributed by atoms with Gasteiger partial charge in [0.15, 0.2) is 0 Å². The first-order valence-electron chi connectivity index (χ1n) is 9.26. The SMILES string of the molecule is O=C1C2CCCC2=Nc2ccccc2N1Cc1cccc2ccccc12. The maximum absolute atomic E-state index is 13.4. The maximum Gasteiger partial charge on any atom is 0.236 e. The number of anilines is 1. The predicted molar refractivity (Wildman–Crippen MR) is 106 cm³/mol.